The van der Waals surface area contributed by atoms with Crippen LogP contribution in [0.5, 0.6) is 0 Å². The van der Waals surface area contributed by atoms with E-state index < -0.39 is 0 Å². The average Bonchev–Trinajstić information content (AvgIpc) is 3.17. The van der Waals surface area contributed by atoms with Crippen molar-refractivity contribution in [3.8, 4) is 0 Å². The molecule has 4 aromatic carbocycles. The van der Waals surface area contributed by atoms with E-state index in [9.17, 15) is 0 Å². The fraction of sp³-hybridized carbons (Fsp3) is 0. The minimum Gasteiger partial charge on any atom is -0.168 e. The third-order valence-corrected chi connectivity index (χ3v) is 3.10. The average molecular weight is 402 g/mol. The molecule has 0 bridgehead atoms. The molecule has 0 aromatic heterocycles. The van der Waals surface area contributed by atoms with Gasteiger partial charge in [-0.1, -0.05) is 12.1 Å². The first-order valence-corrected chi connectivity index (χ1v) is 10.9. The fourth-order valence-corrected chi connectivity index (χ4v) is 2.14. The van der Waals surface area contributed by atoms with Crippen molar-refractivity contribution in [3.05, 3.63) is 84.9 Å². The second kappa shape index (κ2) is 9.00. The monoisotopic (exact) mass is 402 g/mol. The molecule has 0 unspecified atom stereocenters. The molecule has 4 rings (SSSR count). The summed E-state index contributed by atoms with van der Waals surface area (Å²) >= 11 is -0.346. The maximum absolute atomic E-state index is 4.85. The van der Waals surface area contributed by atoms with Crippen LogP contribution in [-0.2, 0) is 15.1 Å². The van der Waals surface area contributed by atoms with Gasteiger partial charge in [-0.3, -0.25) is 0 Å². The molecule has 0 N–H and O–H groups in total. The number of hydrogen-bond acceptors (Lipinski definition) is 0. The summed E-state index contributed by atoms with van der Waals surface area (Å²) in [5.41, 5.74) is 0. The van der Waals surface area contributed by atoms with Crippen LogP contribution >= 0.6 is 19.4 Å². The van der Waals surface area contributed by atoms with Crippen LogP contribution in [0.3, 0.4) is 0 Å². The van der Waals surface area contributed by atoms with Gasteiger partial charge < -0.3 is 0 Å². The third-order valence-electron chi connectivity index (χ3n) is 3.10. The van der Waals surface area contributed by atoms with Gasteiger partial charge in [0, 0.05) is 0 Å². The maximum Gasteiger partial charge on any atom is -0.0809 e. The van der Waals surface area contributed by atoms with Gasteiger partial charge in [0.25, 0.3) is 0 Å². The predicted octanol–water partition coefficient (Wildman–Crippen LogP) is 6.49. The first kappa shape index (κ1) is 16.2. The van der Waals surface area contributed by atoms with E-state index in [1.54, 1.807) is 0 Å². The van der Waals surface area contributed by atoms with Crippen molar-refractivity contribution in [2.75, 3.05) is 0 Å². The summed E-state index contributed by atoms with van der Waals surface area (Å²) in [5.74, 6) is 0. The zero-order valence-corrected chi connectivity index (χ0v) is 14.4. The first-order valence-electron chi connectivity index (χ1n) is 6.41. The van der Waals surface area contributed by atoms with Crippen LogP contribution in [0.1, 0.15) is 0 Å². The van der Waals surface area contributed by atoms with E-state index in [0.29, 0.717) is 0 Å². The Morgan fingerprint density at radius 2 is 1.00 bits per heavy atom. The molecule has 0 aliphatic rings. The van der Waals surface area contributed by atoms with Gasteiger partial charge in [-0.2, -0.15) is 35.0 Å². The molecule has 0 spiro atoms. The third kappa shape index (κ3) is 4.97. The predicted molar refractivity (Wildman–Crippen MR) is 90.8 cm³/mol. The molecule has 0 aliphatic heterocycles. The van der Waals surface area contributed by atoms with Crippen LogP contribution in [0.25, 0.3) is 21.5 Å². The molecular weight excluding hydrogens is 388 g/mol. The largest absolute Gasteiger partial charge is 0.168 e. The molecule has 0 aliphatic carbocycles. The van der Waals surface area contributed by atoms with Crippen LogP contribution in [0, 0.1) is 0 Å². The van der Waals surface area contributed by atoms with Crippen molar-refractivity contribution in [2.24, 2.45) is 0 Å². The van der Waals surface area contributed by atoms with Crippen LogP contribution < -0.4 is 0 Å². The number of fused-ring (bicyclic) bond motifs is 2. The molecule has 0 radical (unpaired) electrons. The van der Waals surface area contributed by atoms with Crippen LogP contribution in [0.15, 0.2) is 84.9 Å². The minimum atomic E-state index is -0.346. The Morgan fingerprint density at radius 1 is 0.619 bits per heavy atom. The number of hydrogen-bond donors (Lipinski definition) is 0. The van der Waals surface area contributed by atoms with Crippen molar-refractivity contribution >= 4 is 40.9 Å². The van der Waals surface area contributed by atoms with Crippen molar-refractivity contribution in [2.45, 2.75) is 0 Å². The summed E-state index contributed by atoms with van der Waals surface area (Å²) < 4.78 is 0. The molecule has 0 amide bonds. The van der Waals surface area contributed by atoms with Crippen molar-refractivity contribution in [3.63, 3.8) is 0 Å². The Bertz CT molecular complexity index is 644. The zero-order valence-electron chi connectivity index (χ0n) is 11.2. The summed E-state index contributed by atoms with van der Waals surface area (Å²) in [6.45, 7) is 0. The maximum atomic E-state index is 4.85. The normalized spacial score (nSPS) is 9.62. The number of halogens is 2. The molecule has 21 heavy (non-hydrogen) atoms. The van der Waals surface area contributed by atoms with Gasteiger partial charge >= 0.3 is 34.5 Å². The second-order valence-corrected chi connectivity index (χ2v) is 7.00. The van der Waals surface area contributed by atoms with Crippen molar-refractivity contribution < 1.29 is 15.1 Å². The summed E-state index contributed by atoms with van der Waals surface area (Å²) in [5, 5.41) is 5.32. The minimum absolute atomic E-state index is 0.346. The van der Waals surface area contributed by atoms with Crippen molar-refractivity contribution in [1.82, 2.24) is 0 Å². The molecule has 0 fully saturated rings. The first-order chi connectivity index (χ1) is 10.3. The van der Waals surface area contributed by atoms with Crippen LogP contribution in [0.4, 0.5) is 0 Å². The van der Waals surface area contributed by atoms with E-state index >= 15 is 0 Å². The number of benzene rings is 2. The summed E-state index contributed by atoms with van der Waals surface area (Å²) in [4.78, 5) is 0. The molecule has 0 saturated heterocycles. The van der Waals surface area contributed by atoms with Gasteiger partial charge in [0.05, 0.1) is 0 Å². The molecule has 0 atom stereocenters. The van der Waals surface area contributed by atoms with Gasteiger partial charge in [0.2, 0.25) is 0 Å². The van der Waals surface area contributed by atoms with E-state index in [4.69, 9.17) is 19.4 Å². The Kier molecular flexibility index (Phi) is 6.96. The molecule has 0 saturated carbocycles. The van der Waals surface area contributed by atoms with E-state index in [1.165, 1.54) is 21.5 Å². The van der Waals surface area contributed by atoms with Crippen molar-refractivity contribution in [1.29, 1.82) is 0 Å². The Balaban J connectivity index is 0.000000130. The SMILES string of the molecule is [Cl][Ru+2][Cl].c1ccc2[cH-]ccc2c1.c1ccc2[cH-]ccc2c1. The molecule has 0 nitrogen and oxygen atoms in total. The van der Waals surface area contributed by atoms with Gasteiger partial charge in [0.15, 0.2) is 0 Å². The van der Waals surface area contributed by atoms with Gasteiger partial charge in [-0.05, 0) is 0 Å². The van der Waals surface area contributed by atoms with Gasteiger partial charge in [0.1, 0.15) is 0 Å². The molecule has 3 heteroatoms. The fourth-order valence-electron chi connectivity index (χ4n) is 2.14. The summed E-state index contributed by atoms with van der Waals surface area (Å²) in [6, 6.07) is 29.3. The standard InChI is InChI=1S/2C9H7.2ClH.Ru/c2*1-2-5-9-7-3-6-8(9)4-1;;;/h2*1-7H;2*1H;/q2*-1;;;+4/p-2. The van der Waals surface area contributed by atoms with E-state index in [1.807, 2.05) is 0 Å². The van der Waals surface area contributed by atoms with E-state index in [2.05, 4.69) is 84.9 Å². The Labute approximate surface area is 140 Å². The van der Waals surface area contributed by atoms with Crippen LogP contribution in [0.2, 0.25) is 0 Å². The quantitative estimate of drug-likeness (QED) is 0.233. The van der Waals surface area contributed by atoms with E-state index in [0.717, 1.165) is 0 Å². The summed E-state index contributed by atoms with van der Waals surface area (Å²) in [6.07, 6.45) is 0. The Morgan fingerprint density at radius 3 is 1.38 bits per heavy atom. The van der Waals surface area contributed by atoms with E-state index in [-0.39, 0.29) is 15.1 Å². The Hall–Kier alpha value is -1.14. The molecule has 4 aromatic rings. The molecule has 0 heterocycles. The zero-order chi connectivity index (χ0) is 14.9. The van der Waals surface area contributed by atoms with Gasteiger partial charge in [-0.25, -0.2) is 0 Å². The second-order valence-electron chi connectivity index (χ2n) is 4.36. The smallest absolute Gasteiger partial charge is 0.0809 e. The van der Waals surface area contributed by atoms with Gasteiger partial charge in [-0.15, -0.1) is 59.3 Å². The van der Waals surface area contributed by atoms with Crippen LogP contribution in [-0.4, -0.2) is 0 Å². The topological polar surface area (TPSA) is 0 Å². The summed E-state index contributed by atoms with van der Waals surface area (Å²) in [7, 11) is 9.71. The molecular formula is C18H14Cl2Ru. The molecule has 108 valence electrons. The number of rotatable bonds is 0.